The van der Waals surface area contributed by atoms with E-state index in [1.54, 1.807) is 5.32 Å². The SMILES string of the molecule is CCCCN1C(=O)[C@H]2[C@@H](C1=O)[C@@]1([NH2+][C@@H]2CCC(N)=O)C(=O)Nc2ccc(F)cc21. The Kier molecular flexibility index (Phi) is 4.65. The van der Waals surface area contributed by atoms with Crippen LogP contribution < -0.4 is 16.4 Å². The van der Waals surface area contributed by atoms with Gasteiger partial charge in [-0.3, -0.25) is 24.1 Å². The third kappa shape index (κ3) is 2.75. The van der Waals surface area contributed by atoms with E-state index in [2.05, 4.69) is 5.32 Å². The number of rotatable bonds is 6. The van der Waals surface area contributed by atoms with E-state index in [-0.39, 0.29) is 25.3 Å². The second-order valence-corrected chi connectivity index (χ2v) is 8.03. The molecule has 154 valence electrons. The molecule has 0 aliphatic carbocycles. The molecule has 3 aliphatic rings. The topological polar surface area (TPSA) is 126 Å². The Balaban J connectivity index is 1.81. The fourth-order valence-electron chi connectivity index (χ4n) is 5.10. The minimum Gasteiger partial charge on any atom is -0.370 e. The van der Waals surface area contributed by atoms with Crippen LogP contribution in [0.25, 0.3) is 0 Å². The van der Waals surface area contributed by atoms with Gasteiger partial charge >= 0.3 is 0 Å². The van der Waals surface area contributed by atoms with Gasteiger partial charge in [0.2, 0.25) is 23.3 Å². The largest absolute Gasteiger partial charge is 0.370 e. The van der Waals surface area contributed by atoms with E-state index < -0.39 is 47.0 Å². The van der Waals surface area contributed by atoms with Gasteiger partial charge in [-0.05, 0) is 24.6 Å². The number of nitrogens with one attached hydrogen (secondary N) is 1. The highest BCUT2D eigenvalue weighted by Crippen LogP contribution is 2.49. The molecule has 9 heteroatoms. The number of nitrogens with zero attached hydrogens (tertiary/aromatic N) is 1. The van der Waals surface area contributed by atoms with Crippen LogP contribution in [0.4, 0.5) is 10.1 Å². The zero-order chi connectivity index (χ0) is 20.9. The number of nitrogens with two attached hydrogens (primary N) is 2. The van der Waals surface area contributed by atoms with E-state index >= 15 is 0 Å². The molecule has 1 aromatic rings. The van der Waals surface area contributed by atoms with Crippen molar-refractivity contribution in [2.24, 2.45) is 17.6 Å². The van der Waals surface area contributed by atoms with E-state index in [0.29, 0.717) is 17.7 Å². The lowest BCUT2D eigenvalue weighted by atomic mass is 9.76. The highest BCUT2D eigenvalue weighted by atomic mass is 19.1. The maximum absolute atomic E-state index is 14.1. The standard InChI is InChI=1S/C20H23FN4O4/c1-2-3-8-25-17(27)15-13(6-7-14(22)26)24-20(16(15)18(25)28)11-9-10(21)4-5-12(11)23-19(20)29/h4-5,9,13,15-16,24H,2-3,6-8H2,1H3,(H2,22,26)(H,23,29)/p+1/t13-,15-,16+,20-/m1/s1. The summed E-state index contributed by atoms with van der Waals surface area (Å²) in [6.07, 6.45) is 1.77. The van der Waals surface area contributed by atoms with Crippen LogP contribution >= 0.6 is 0 Å². The first-order chi connectivity index (χ1) is 13.8. The van der Waals surface area contributed by atoms with Crippen LogP contribution in [0.15, 0.2) is 18.2 Å². The Morgan fingerprint density at radius 1 is 1.31 bits per heavy atom. The Morgan fingerprint density at radius 3 is 2.76 bits per heavy atom. The fourth-order valence-corrected chi connectivity index (χ4v) is 5.10. The first-order valence-corrected chi connectivity index (χ1v) is 9.92. The molecule has 0 aromatic heterocycles. The highest BCUT2D eigenvalue weighted by molar-refractivity contribution is 6.13. The number of halogens is 1. The van der Waals surface area contributed by atoms with Crippen LogP contribution in [-0.4, -0.2) is 41.1 Å². The molecule has 4 amide bonds. The molecule has 2 saturated heterocycles. The molecule has 8 nitrogen and oxygen atoms in total. The van der Waals surface area contributed by atoms with Crippen molar-refractivity contribution < 1.29 is 28.9 Å². The number of fused-ring (bicyclic) bond motifs is 4. The highest BCUT2D eigenvalue weighted by Gasteiger charge is 2.74. The van der Waals surface area contributed by atoms with Crippen LogP contribution in [-0.2, 0) is 24.7 Å². The Morgan fingerprint density at radius 2 is 2.07 bits per heavy atom. The van der Waals surface area contributed by atoms with Gasteiger partial charge in [0, 0.05) is 24.9 Å². The molecule has 4 atom stereocenters. The maximum Gasteiger partial charge on any atom is 0.291 e. The second-order valence-electron chi connectivity index (χ2n) is 8.03. The van der Waals surface area contributed by atoms with Crippen molar-refractivity contribution in [2.45, 2.75) is 44.2 Å². The van der Waals surface area contributed by atoms with Crippen molar-refractivity contribution in [1.29, 1.82) is 0 Å². The number of quaternary nitrogens is 1. The van der Waals surface area contributed by atoms with Crippen molar-refractivity contribution in [3.05, 3.63) is 29.6 Å². The zero-order valence-electron chi connectivity index (χ0n) is 16.1. The fraction of sp³-hybridized carbons (Fsp3) is 0.500. The van der Waals surface area contributed by atoms with E-state index in [1.165, 1.54) is 23.1 Å². The summed E-state index contributed by atoms with van der Waals surface area (Å²) in [6.45, 7) is 2.25. The van der Waals surface area contributed by atoms with Gasteiger partial charge in [0.15, 0.2) is 0 Å². The molecule has 1 aromatic carbocycles. The molecule has 2 fully saturated rings. The van der Waals surface area contributed by atoms with Gasteiger partial charge in [-0.2, -0.15) is 0 Å². The molecule has 0 unspecified atom stereocenters. The van der Waals surface area contributed by atoms with Crippen LogP contribution in [0, 0.1) is 17.7 Å². The van der Waals surface area contributed by atoms with Gasteiger partial charge in [0.1, 0.15) is 23.7 Å². The average Bonchev–Trinajstić information content (AvgIpc) is 3.24. The summed E-state index contributed by atoms with van der Waals surface area (Å²) in [7, 11) is 0. The van der Waals surface area contributed by atoms with Crippen LogP contribution in [0.3, 0.4) is 0 Å². The lowest BCUT2D eigenvalue weighted by Gasteiger charge is -2.26. The normalized spacial score (nSPS) is 30.1. The molecule has 5 N–H and O–H groups in total. The summed E-state index contributed by atoms with van der Waals surface area (Å²) in [6, 6.07) is 3.48. The van der Waals surface area contributed by atoms with E-state index in [4.69, 9.17) is 5.73 Å². The van der Waals surface area contributed by atoms with E-state index in [1.807, 2.05) is 6.92 Å². The van der Waals surface area contributed by atoms with Crippen LogP contribution in [0.5, 0.6) is 0 Å². The zero-order valence-corrected chi connectivity index (χ0v) is 16.1. The number of primary amides is 1. The predicted octanol–water partition coefficient (Wildman–Crippen LogP) is -0.414. The molecule has 29 heavy (non-hydrogen) atoms. The number of anilines is 1. The average molecular weight is 403 g/mol. The molecule has 3 aliphatic heterocycles. The summed E-state index contributed by atoms with van der Waals surface area (Å²) in [5, 5.41) is 4.42. The number of likely N-dealkylation sites (tertiary alicyclic amines) is 1. The summed E-state index contributed by atoms with van der Waals surface area (Å²) in [5.41, 5.74) is 4.68. The monoisotopic (exact) mass is 403 g/mol. The van der Waals surface area contributed by atoms with Crippen molar-refractivity contribution >= 4 is 29.3 Å². The predicted molar refractivity (Wildman–Crippen MR) is 99.5 cm³/mol. The van der Waals surface area contributed by atoms with Crippen molar-refractivity contribution in [3.63, 3.8) is 0 Å². The van der Waals surface area contributed by atoms with Gasteiger partial charge in [0.25, 0.3) is 5.91 Å². The number of hydrogen-bond acceptors (Lipinski definition) is 4. The first kappa shape index (κ1) is 19.5. The van der Waals surface area contributed by atoms with Crippen molar-refractivity contribution in [3.8, 4) is 0 Å². The van der Waals surface area contributed by atoms with Crippen molar-refractivity contribution in [1.82, 2.24) is 4.90 Å². The maximum atomic E-state index is 14.1. The van der Waals surface area contributed by atoms with E-state index in [9.17, 15) is 23.6 Å². The van der Waals surface area contributed by atoms with Gasteiger partial charge in [-0.1, -0.05) is 13.3 Å². The minimum absolute atomic E-state index is 0.0362. The van der Waals surface area contributed by atoms with Crippen LogP contribution in [0.1, 0.15) is 38.2 Å². The Hall–Kier alpha value is -2.81. The summed E-state index contributed by atoms with van der Waals surface area (Å²) in [5.74, 6) is -3.89. The quantitative estimate of drug-likeness (QED) is 0.558. The molecule has 0 bridgehead atoms. The number of amides is 4. The summed E-state index contributed by atoms with van der Waals surface area (Å²) < 4.78 is 14.1. The van der Waals surface area contributed by atoms with Gasteiger partial charge < -0.3 is 16.4 Å². The minimum atomic E-state index is -1.42. The molecular formula is C20H24FN4O4+. The molecule has 0 saturated carbocycles. The number of hydrogen-bond donors (Lipinski definition) is 3. The van der Waals surface area contributed by atoms with Gasteiger partial charge in [-0.15, -0.1) is 0 Å². The number of carbonyl (C=O) groups is 4. The smallest absolute Gasteiger partial charge is 0.291 e. The first-order valence-electron chi connectivity index (χ1n) is 9.92. The molecular weight excluding hydrogens is 379 g/mol. The second kappa shape index (κ2) is 6.91. The summed E-state index contributed by atoms with van der Waals surface area (Å²) in [4.78, 5) is 52.2. The molecule has 0 radical (unpaired) electrons. The van der Waals surface area contributed by atoms with Crippen LogP contribution in [0.2, 0.25) is 0 Å². The molecule has 4 rings (SSSR count). The van der Waals surface area contributed by atoms with Gasteiger partial charge in [-0.25, -0.2) is 4.39 Å². The van der Waals surface area contributed by atoms with Gasteiger partial charge in [0.05, 0.1) is 5.69 Å². The molecule has 1 spiro atoms. The van der Waals surface area contributed by atoms with E-state index in [0.717, 1.165) is 6.42 Å². The number of unbranched alkanes of at least 4 members (excludes halogenated alkanes) is 1. The Labute approximate surface area is 167 Å². The number of imide groups is 1. The third-order valence-corrected chi connectivity index (χ3v) is 6.38. The number of benzene rings is 1. The number of carbonyl (C=O) groups excluding carboxylic acids is 4. The third-order valence-electron chi connectivity index (χ3n) is 6.38. The lowest BCUT2D eigenvalue weighted by molar-refractivity contribution is -0.734. The van der Waals surface area contributed by atoms with Crippen molar-refractivity contribution in [2.75, 3.05) is 11.9 Å². The molecule has 3 heterocycles. The summed E-state index contributed by atoms with van der Waals surface area (Å²) >= 11 is 0. The Bertz CT molecular complexity index is 920. The lowest BCUT2D eigenvalue weighted by Crippen LogP contribution is -2.99.